The first-order valence-electron chi connectivity index (χ1n) is 6.83. The van der Waals surface area contributed by atoms with Crippen molar-refractivity contribution in [2.45, 2.75) is 25.3 Å². The topological polar surface area (TPSA) is 24.5 Å². The maximum atomic E-state index is 5.76. The van der Waals surface area contributed by atoms with Crippen LogP contribution in [0.5, 0.6) is 5.75 Å². The molecule has 18 heavy (non-hydrogen) atoms. The molecule has 3 nitrogen and oxygen atoms in total. The van der Waals surface area contributed by atoms with Gasteiger partial charge in [0.05, 0.1) is 6.61 Å². The smallest absolute Gasteiger partial charge is 0.122 e. The van der Waals surface area contributed by atoms with Crippen molar-refractivity contribution in [3.63, 3.8) is 0 Å². The van der Waals surface area contributed by atoms with E-state index in [-0.39, 0.29) is 5.54 Å². The van der Waals surface area contributed by atoms with E-state index in [1.54, 1.807) is 0 Å². The zero-order valence-electron chi connectivity index (χ0n) is 11.3. The minimum atomic E-state index is 0.233. The molecule has 0 amide bonds. The number of rotatable bonds is 2. The maximum absolute atomic E-state index is 5.76. The summed E-state index contributed by atoms with van der Waals surface area (Å²) in [5.74, 6) is 1.62. The van der Waals surface area contributed by atoms with Crippen LogP contribution in [0.25, 0.3) is 0 Å². The van der Waals surface area contributed by atoms with E-state index in [0.29, 0.717) is 5.92 Å². The Kier molecular flexibility index (Phi) is 3.04. The largest absolute Gasteiger partial charge is 0.493 e. The molecule has 0 spiro atoms. The Morgan fingerprint density at radius 1 is 1.39 bits per heavy atom. The summed E-state index contributed by atoms with van der Waals surface area (Å²) in [6.07, 6.45) is 0. The van der Waals surface area contributed by atoms with Crippen LogP contribution in [0.2, 0.25) is 0 Å². The number of piperazine rings is 1. The molecule has 2 heterocycles. The molecular formula is C15H22N2O. The summed E-state index contributed by atoms with van der Waals surface area (Å²) < 4.78 is 5.76. The average molecular weight is 246 g/mol. The summed E-state index contributed by atoms with van der Waals surface area (Å²) in [4.78, 5) is 2.56. The van der Waals surface area contributed by atoms with E-state index in [4.69, 9.17) is 4.74 Å². The fraction of sp³-hybridized carbons (Fsp3) is 0.600. The molecule has 3 heteroatoms. The highest BCUT2D eigenvalue weighted by molar-refractivity contribution is 5.39. The summed E-state index contributed by atoms with van der Waals surface area (Å²) in [6, 6.07) is 8.45. The first-order valence-corrected chi connectivity index (χ1v) is 6.83. The van der Waals surface area contributed by atoms with Gasteiger partial charge in [-0.15, -0.1) is 0 Å². The molecule has 1 aromatic carbocycles. The number of hydrogen-bond donors (Lipinski definition) is 1. The van der Waals surface area contributed by atoms with E-state index in [9.17, 15) is 0 Å². The molecule has 0 saturated carbocycles. The van der Waals surface area contributed by atoms with Crippen LogP contribution in [0, 0.1) is 0 Å². The molecule has 0 bridgehead atoms. The standard InChI is InChI=1S/C15H22N2O/c1-15(2)11-17(8-7-16-15)9-12-10-18-14-6-4-3-5-13(12)14/h3-6,12,16H,7-11H2,1-2H3. The lowest BCUT2D eigenvalue weighted by molar-refractivity contribution is 0.142. The molecule has 0 aliphatic carbocycles. The summed E-state index contributed by atoms with van der Waals surface area (Å²) in [5, 5.41) is 3.56. The highest BCUT2D eigenvalue weighted by atomic mass is 16.5. The van der Waals surface area contributed by atoms with Crippen LogP contribution in [0.3, 0.4) is 0 Å². The molecule has 1 N–H and O–H groups in total. The van der Waals surface area contributed by atoms with Gasteiger partial charge < -0.3 is 10.1 Å². The molecule has 1 fully saturated rings. The summed E-state index contributed by atoms with van der Waals surface area (Å²) >= 11 is 0. The Bertz CT molecular complexity index is 430. The molecule has 98 valence electrons. The van der Waals surface area contributed by atoms with Gasteiger partial charge in [0, 0.05) is 43.2 Å². The van der Waals surface area contributed by atoms with Gasteiger partial charge in [-0.2, -0.15) is 0 Å². The lowest BCUT2D eigenvalue weighted by Gasteiger charge is -2.40. The van der Waals surface area contributed by atoms with E-state index in [1.165, 1.54) is 5.56 Å². The van der Waals surface area contributed by atoms with Crippen LogP contribution >= 0.6 is 0 Å². The van der Waals surface area contributed by atoms with Crippen molar-refractivity contribution >= 4 is 0 Å². The van der Waals surface area contributed by atoms with Gasteiger partial charge in [0.1, 0.15) is 5.75 Å². The quantitative estimate of drug-likeness (QED) is 0.862. The Labute approximate surface area is 109 Å². The Hall–Kier alpha value is -1.06. The fourth-order valence-electron chi connectivity index (χ4n) is 3.09. The van der Waals surface area contributed by atoms with Gasteiger partial charge in [-0.25, -0.2) is 0 Å². The molecule has 2 aliphatic heterocycles. The second-order valence-electron chi connectivity index (χ2n) is 6.09. The van der Waals surface area contributed by atoms with Crippen LogP contribution in [-0.4, -0.2) is 43.2 Å². The van der Waals surface area contributed by atoms with Crippen LogP contribution in [0.4, 0.5) is 0 Å². The maximum Gasteiger partial charge on any atom is 0.122 e. The molecule has 1 unspecified atom stereocenters. The van der Waals surface area contributed by atoms with E-state index >= 15 is 0 Å². The number of fused-ring (bicyclic) bond motifs is 1. The molecule has 2 aliphatic rings. The minimum Gasteiger partial charge on any atom is -0.493 e. The zero-order chi connectivity index (χ0) is 12.6. The normalized spacial score (nSPS) is 26.7. The third kappa shape index (κ3) is 2.38. The van der Waals surface area contributed by atoms with Crippen molar-refractivity contribution < 1.29 is 4.74 Å². The van der Waals surface area contributed by atoms with Crippen LogP contribution in [0.15, 0.2) is 24.3 Å². The predicted molar refractivity (Wildman–Crippen MR) is 73.2 cm³/mol. The van der Waals surface area contributed by atoms with Gasteiger partial charge in [-0.3, -0.25) is 4.90 Å². The van der Waals surface area contributed by atoms with Gasteiger partial charge >= 0.3 is 0 Å². The monoisotopic (exact) mass is 246 g/mol. The number of hydrogen-bond acceptors (Lipinski definition) is 3. The minimum absolute atomic E-state index is 0.233. The number of nitrogens with zero attached hydrogens (tertiary/aromatic N) is 1. The second kappa shape index (κ2) is 4.56. The summed E-state index contributed by atoms with van der Waals surface area (Å²) in [7, 11) is 0. The van der Waals surface area contributed by atoms with Gasteiger partial charge in [0.25, 0.3) is 0 Å². The van der Waals surface area contributed by atoms with E-state index in [2.05, 4.69) is 48.3 Å². The number of nitrogens with one attached hydrogen (secondary N) is 1. The zero-order valence-corrected chi connectivity index (χ0v) is 11.3. The van der Waals surface area contributed by atoms with Crippen molar-refractivity contribution in [2.24, 2.45) is 0 Å². The molecular weight excluding hydrogens is 224 g/mol. The van der Waals surface area contributed by atoms with Crippen molar-refractivity contribution in [3.05, 3.63) is 29.8 Å². The first-order chi connectivity index (χ1) is 8.64. The number of para-hydroxylation sites is 1. The summed E-state index contributed by atoms with van der Waals surface area (Å²) in [5.41, 5.74) is 1.62. The lowest BCUT2D eigenvalue weighted by atomic mass is 9.97. The first kappa shape index (κ1) is 12.0. The number of benzene rings is 1. The highest BCUT2D eigenvalue weighted by Gasteiger charge is 2.30. The Morgan fingerprint density at radius 2 is 2.22 bits per heavy atom. The predicted octanol–water partition coefficient (Wildman–Crippen LogP) is 1.85. The molecule has 1 saturated heterocycles. The van der Waals surface area contributed by atoms with Crippen molar-refractivity contribution in [2.75, 3.05) is 32.8 Å². The van der Waals surface area contributed by atoms with Crippen molar-refractivity contribution in [1.82, 2.24) is 10.2 Å². The number of ether oxygens (including phenoxy) is 1. The molecule has 1 aromatic rings. The molecule has 0 radical (unpaired) electrons. The molecule has 0 aromatic heterocycles. The van der Waals surface area contributed by atoms with Gasteiger partial charge in [-0.05, 0) is 19.9 Å². The second-order valence-corrected chi connectivity index (χ2v) is 6.09. The third-order valence-electron chi connectivity index (χ3n) is 3.93. The van der Waals surface area contributed by atoms with E-state index in [0.717, 1.165) is 38.5 Å². The molecule has 3 rings (SSSR count). The van der Waals surface area contributed by atoms with E-state index in [1.807, 2.05) is 0 Å². The highest BCUT2D eigenvalue weighted by Crippen LogP contribution is 2.34. The lowest BCUT2D eigenvalue weighted by Crippen LogP contribution is -2.57. The van der Waals surface area contributed by atoms with Crippen LogP contribution < -0.4 is 10.1 Å². The molecule has 1 atom stereocenters. The fourth-order valence-corrected chi connectivity index (χ4v) is 3.09. The summed E-state index contributed by atoms with van der Waals surface area (Å²) in [6.45, 7) is 9.85. The van der Waals surface area contributed by atoms with Crippen molar-refractivity contribution in [1.29, 1.82) is 0 Å². The van der Waals surface area contributed by atoms with Crippen LogP contribution in [-0.2, 0) is 0 Å². The SMILES string of the molecule is CC1(C)CN(CC2COc3ccccc32)CCN1. The Morgan fingerprint density at radius 3 is 3.06 bits per heavy atom. The van der Waals surface area contributed by atoms with Gasteiger partial charge in [0.15, 0.2) is 0 Å². The van der Waals surface area contributed by atoms with E-state index < -0.39 is 0 Å². The third-order valence-corrected chi connectivity index (χ3v) is 3.93. The van der Waals surface area contributed by atoms with Gasteiger partial charge in [-0.1, -0.05) is 18.2 Å². The Balaban J connectivity index is 1.68. The van der Waals surface area contributed by atoms with Gasteiger partial charge in [0.2, 0.25) is 0 Å². The average Bonchev–Trinajstić information content (AvgIpc) is 2.72. The van der Waals surface area contributed by atoms with Crippen LogP contribution in [0.1, 0.15) is 25.3 Å². The van der Waals surface area contributed by atoms with Crippen molar-refractivity contribution in [3.8, 4) is 5.75 Å².